The molecule has 1 amide bonds. The van der Waals surface area contributed by atoms with Gasteiger partial charge in [0.2, 0.25) is 11.9 Å². The van der Waals surface area contributed by atoms with Crippen molar-refractivity contribution in [2.75, 3.05) is 66.1 Å². The van der Waals surface area contributed by atoms with Gasteiger partial charge in [0.05, 0.1) is 36.4 Å². The maximum absolute atomic E-state index is 14.6. The SMILES string of the molecule is COc1cc(OC)c(Cl)c(-c2cc3cnc(Nc4c(C)cccc4CC(=O)/C=C/CN(C)C)nc3n(Cc3ccc(NC(=O)/C=C/CN(C)C)cc3)c2=O)c1Cl. The van der Waals surface area contributed by atoms with Gasteiger partial charge in [0, 0.05) is 60.2 Å². The van der Waals surface area contributed by atoms with E-state index in [1.165, 1.54) is 24.9 Å². The van der Waals surface area contributed by atoms with E-state index >= 15 is 0 Å². The number of para-hydroxylation sites is 1. The summed E-state index contributed by atoms with van der Waals surface area (Å²) in [6, 6.07) is 16.1. The van der Waals surface area contributed by atoms with Crippen LogP contribution in [0.1, 0.15) is 16.7 Å². The number of likely N-dealkylation sites (N-methyl/N-ethyl adjacent to an activating group) is 2. The highest BCUT2D eigenvalue weighted by Crippen LogP contribution is 2.45. The molecule has 0 fully saturated rings. The van der Waals surface area contributed by atoms with Crippen molar-refractivity contribution in [1.82, 2.24) is 24.3 Å². The van der Waals surface area contributed by atoms with Crippen LogP contribution in [0.5, 0.6) is 11.5 Å². The number of nitrogens with zero attached hydrogens (tertiary/aromatic N) is 5. The molecule has 2 N–H and O–H groups in total. The number of fused-ring (bicyclic) bond motifs is 1. The average molecular weight is 799 g/mol. The number of ketones is 1. The Kier molecular flexibility index (Phi) is 14.0. The molecule has 2 aromatic heterocycles. The fourth-order valence-corrected chi connectivity index (χ4v) is 6.61. The Bertz CT molecular complexity index is 2330. The van der Waals surface area contributed by atoms with Gasteiger partial charge < -0.3 is 29.9 Å². The zero-order valence-corrected chi connectivity index (χ0v) is 34.0. The minimum absolute atomic E-state index is 0.0424. The number of pyridine rings is 1. The molecular formula is C42H45Cl2N7O5. The number of carbonyl (C=O) groups is 2. The van der Waals surface area contributed by atoms with E-state index in [0.717, 1.165) is 16.7 Å². The molecule has 0 atom stereocenters. The maximum atomic E-state index is 14.6. The summed E-state index contributed by atoms with van der Waals surface area (Å²) in [5.41, 5.74) is 4.03. The number of nitrogens with one attached hydrogen (secondary N) is 2. The number of hydrogen-bond acceptors (Lipinski definition) is 10. The largest absolute Gasteiger partial charge is 0.495 e. The minimum atomic E-state index is -0.434. The molecule has 0 saturated heterocycles. The van der Waals surface area contributed by atoms with Gasteiger partial charge in [-0.3, -0.25) is 19.0 Å². The molecule has 0 radical (unpaired) electrons. The van der Waals surface area contributed by atoms with Gasteiger partial charge in [-0.15, -0.1) is 0 Å². The van der Waals surface area contributed by atoms with Gasteiger partial charge in [-0.25, -0.2) is 4.98 Å². The molecule has 0 saturated carbocycles. The first-order valence-electron chi connectivity index (χ1n) is 17.7. The highest BCUT2D eigenvalue weighted by Gasteiger charge is 2.24. The van der Waals surface area contributed by atoms with Gasteiger partial charge in [0.15, 0.2) is 5.78 Å². The van der Waals surface area contributed by atoms with E-state index in [0.29, 0.717) is 35.5 Å². The summed E-state index contributed by atoms with van der Waals surface area (Å²) in [6.07, 6.45) is 8.47. The standard InChI is InChI=1S/C42H45Cl2N7O5/c1-26-11-8-12-28(21-31(52)13-9-19-49(2)3)39(26)47-42-45-24-29-22-32(36-37(43)33(55-6)23-34(56-7)38(36)44)41(54)51(40(29)48-42)25-27-15-17-30(18-16-27)46-35(53)14-10-20-50(4)5/h8-18,22-24H,19-21,25H2,1-7H3,(H,46,53)(H,45,47,48)/b13-9+,14-10+. The summed E-state index contributed by atoms with van der Waals surface area (Å²) in [5.74, 6) is 0.484. The number of aryl methyl sites for hydroxylation is 1. The van der Waals surface area contributed by atoms with Crippen LogP contribution in [-0.4, -0.2) is 91.5 Å². The summed E-state index contributed by atoms with van der Waals surface area (Å²) >= 11 is 13.6. The zero-order valence-electron chi connectivity index (χ0n) is 32.4. The molecular weight excluding hydrogens is 753 g/mol. The van der Waals surface area contributed by atoms with E-state index in [9.17, 15) is 14.4 Å². The number of hydrogen-bond donors (Lipinski definition) is 2. The second kappa shape index (κ2) is 18.9. The Morgan fingerprint density at radius 1 is 0.893 bits per heavy atom. The summed E-state index contributed by atoms with van der Waals surface area (Å²) < 4.78 is 12.5. The second-order valence-electron chi connectivity index (χ2n) is 13.6. The Morgan fingerprint density at radius 2 is 1.54 bits per heavy atom. The normalized spacial score (nSPS) is 11.6. The molecule has 0 aliphatic heterocycles. The molecule has 2 heterocycles. The molecule has 14 heteroatoms. The lowest BCUT2D eigenvalue weighted by Gasteiger charge is -2.18. The third-order valence-corrected chi connectivity index (χ3v) is 9.46. The van der Waals surface area contributed by atoms with Crippen LogP contribution in [0.4, 0.5) is 17.3 Å². The third-order valence-electron chi connectivity index (χ3n) is 8.71. The van der Waals surface area contributed by atoms with Gasteiger partial charge in [0.1, 0.15) is 17.1 Å². The van der Waals surface area contributed by atoms with E-state index < -0.39 is 5.56 Å². The molecule has 292 valence electrons. The second-order valence-corrected chi connectivity index (χ2v) is 14.4. The van der Waals surface area contributed by atoms with Crippen LogP contribution in [0, 0.1) is 6.92 Å². The molecule has 0 aliphatic rings. The predicted molar refractivity (Wildman–Crippen MR) is 225 cm³/mol. The maximum Gasteiger partial charge on any atom is 0.260 e. The quantitative estimate of drug-likeness (QED) is 0.0992. The van der Waals surface area contributed by atoms with Crippen molar-refractivity contribution < 1.29 is 19.1 Å². The van der Waals surface area contributed by atoms with Crippen molar-refractivity contribution >= 4 is 63.2 Å². The highest BCUT2D eigenvalue weighted by molar-refractivity contribution is 6.41. The number of benzene rings is 3. The first-order chi connectivity index (χ1) is 26.8. The van der Waals surface area contributed by atoms with Crippen molar-refractivity contribution in [2.24, 2.45) is 0 Å². The molecule has 0 bridgehead atoms. The number of amides is 1. The van der Waals surface area contributed by atoms with Crippen molar-refractivity contribution in [2.45, 2.75) is 19.9 Å². The smallest absolute Gasteiger partial charge is 0.260 e. The van der Waals surface area contributed by atoms with Crippen molar-refractivity contribution in [1.29, 1.82) is 0 Å². The first kappa shape index (κ1) is 41.6. The lowest BCUT2D eigenvalue weighted by atomic mass is 10.0. The fraction of sp³-hybridized carbons (Fsp3) is 0.262. The Balaban J connectivity index is 1.59. The number of anilines is 3. The number of ether oxygens (including phenoxy) is 2. The van der Waals surface area contributed by atoms with Crippen LogP contribution in [0.3, 0.4) is 0 Å². The van der Waals surface area contributed by atoms with E-state index in [4.69, 9.17) is 37.7 Å². The van der Waals surface area contributed by atoms with Crippen LogP contribution in [0.15, 0.2) is 89.9 Å². The minimum Gasteiger partial charge on any atom is -0.495 e. The fourth-order valence-electron chi connectivity index (χ4n) is 5.91. The van der Waals surface area contributed by atoms with Crippen molar-refractivity contribution in [3.63, 3.8) is 0 Å². The Labute approximate surface area is 336 Å². The lowest BCUT2D eigenvalue weighted by molar-refractivity contribution is -0.114. The summed E-state index contributed by atoms with van der Waals surface area (Å²) in [5, 5.41) is 6.98. The van der Waals surface area contributed by atoms with E-state index in [2.05, 4.69) is 15.6 Å². The molecule has 0 aliphatic carbocycles. The van der Waals surface area contributed by atoms with Crippen LogP contribution < -0.4 is 25.7 Å². The van der Waals surface area contributed by atoms with E-state index in [1.807, 2.05) is 81.3 Å². The topological polar surface area (TPSA) is 131 Å². The number of halogens is 2. The van der Waals surface area contributed by atoms with Crippen LogP contribution in [0.2, 0.25) is 10.0 Å². The molecule has 3 aromatic carbocycles. The van der Waals surface area contributed by atoms with Crippen molar-refractivity contribution in [3.8, 4) is 22.6 Å². The number of methoxy groups -OCH3 is 2. The number of allylic oxidation sites excluding steroid dienone is 1. The van der Waals surface area contributed by atoms with Gasteiger partial charge >= 0.3 is 0 Å². The lowest BCUT2D eigenvalue weighted by Crippen LogP contribution is -2.24. The number of rotatable bonds is 16. The summed E-state index contributed by atoms with van der Waals surface area (Å²) in [6.45, 7) is 3.31. The molecule has 0 unspecified atom stereocenters. The molecule has 12 nitrogen and oxygen atoms in total. The Hall–Kier alpha value is -5.53. The summed E-state index contributed by atoms with van der Waals surface area (Å²) in [4.78, 5) is 53.4. The first-order valence-corrected chi connectivity index (χ1v) is 18.5. The van der Waals surface area contributed by atoms with Gasteiger partial charge in [-0.05, 0) is 76.1 Å². The number of carbonyl (C=O) groups excluding carboxylic acids is 2. The highest BCUT2D eigenvalue weighted by atomic mass is 35.5. The van der Waals surface area contributed by atoms with Crippen molar-refractivity contribution in [3.05, 3.63) is 122 Å². The monoisotopic (exact) mass is 797 g/mol. The average Bonchev–Trinajstić information content (AvgIpc) is 3.15. The molecule has 56 heavy (non-hydrogen) atoms. The van der Waals surface area contributed by atoms with E-state index in [1.54, 1.807) is 42.6 Å². The molecule has 5 rings (SSSR count). The van der Waals surface area contributed by atoms with Gasteiger partial charge in [-0.1, -0.05) is 65.7 Å². The van der Waals surface area contributed by atoms with E-state index in [-0.39, 0.29) is 63.3 Å². The number of aromatic nitrogens is 3. The van der Waals surface area contributed by atoms with Gasteiger partial charge in [0.25, 0.3) is 5.56 Å². The predicted octanol–water partition coefficient (Wildman–Crippen LogP) is 7.17. The Morgan fingerprint density at radius 3 is 2.16 bits per heavy atom. The van der Waals surface area contributed by atoms with Crippen LogP contribution >= 0.6 is 23.2 Å². The summed E-state index contributed by atoms with van der Waals surface area (Å²) in [7, 11) is 10.6. The van der Waals surface area contributed by atoms with Crippen LogP contribution in [0.25, 0.3) is 22.2 Å². The van der Waals surface area contributed by atoms with Crippen LogP contribution in [-0.2, 0) is 22.6 Å². The van der Waals surface area contributed by atoms with Gasteiger partial charge in [-0.2, -0.15) is 4.98 Å². The molecule has 5 aromatic rings. The molecule has 0 spiro atoms. The zero-order chi connectivity index (χ0) is 40.5. The third kappa shape index (κ3) is 10.2.